The minimum Gasteiger partial charge on any atom is -0.458 e. The van der Waals surface area contributed by atoms with E-state index >= 15 is 0 Å². The fourth-order valence-corrected chi connectivity index (χ4v) is 3.01. The molecule has 0 saturated carbocycles. The second kappa shape index (κ2) is 5.27. The van der Waals surface area contributed by atoms with Crippen LogP contribution in [0.3, 0.4) is 0 Å². The molecule has 2 aromatic rings. The lowest BCUT2D eigenvalue weighted by Gasteiger charge is -2.16. The van der Waals surface area contributed by atoms with E-state index in [1.807, 2.05) is 12.1 Å². The predicted octanol–water partition coefficient (Wildman–Crippen LogP) is 4.02. The summed E-state index contributed by atoms with van der Waals surface area (Å²) < 4.78 is 13.0. The lowest BCUT2D eigenvalue weighted by atomic mass is 10.2. The number of nitrogens with one attached hydrogen (secondary N) is 1. The summed E-state index contributed by atoms with van der Waals surface area (Å²) in [4.78, 5) is 0. The van der Waals surface area contributed by atoms with Crippen molar-refractivity contribution in [1.29, 1.82) is 0 Å². The first-order valence-electron chi connectivity index (χ1n) is 6.69. The van der Waals surface area contributed by atoms with E-state index in [4.69, 9.17) is 9.15 Å². The zero-order valence-corrected chi connectivity index (χ0v) is 12.7. The SMILES string of the molecule is CC1CC(C)OC(c2cc3cc(Br)ccc3o2)CN1. The van der Waals surface area contributed by atoms with E-state index in [2.05, 4.69) is 47.2 Å². The first kappa shape index (κ1) is 13.2. The quantitative estimate of drug-likeness (QED) is 0.860. The molecule has 3 nitrogen and oxygen atoms in total. The molecule has 1 aromatic carbocycles. The van der Waals surface area contributed by atoms with Crippen LogP contribution in [0.5, 0.6) is 0 Å². The molecule has 1 saturated heterocycles. The number of fused-ring (bicyclic) bond motifs is 1. The van der Waals surface area contributed by atoms with Crippen molar-refractivity contribution in [2.75, 3.05) is 6.54 Å². The van der Waals surface area contributed by atoms with Crippen molar-refractivity contribution in [3.05, 3.63) is 34.5 Å². The van der Waals surface area contributed by atoms with E-state index < -0.39 is 0 Å². The van der Waals surface area contributed by atoms with Crippen LogP contribution in [-0.2, 0) is 4.74 Å². The molecule has 3 atom stereocenters. The van der Waals surface area contributed by atoms with Gasteiger partial charge in [0.2, 0.25) is 0 Å². The fourth-order valence-electron chi connectivity index (χ4n) is 2.63. The summed E-state index contributed by atoms with van der Waals surface area (Å²) in [5.74, 6) is 0.904. The smallest absolute Gasteiger partial charge is 0.135 e. The molecular formula is C15H18BrNO2. The van der Waals surface area contributed by atoms with Crippen molar-refractivity contribution in [1.82, 2.24) is 5.32 Å². The van der Waals surface area contributed by atoms with Gasteiger partial charge in [-0.05, 0) is 44.5 Å². The Morgan fingerprint density at radius 2 is 2.11 bits per heavy atom. The van der Waals surface area contributed by atoms with E-state index in [-0.39, 0.29) is 12.2 Å². The Morgan fingerprint density at radius 3 is 2.95 bits per heavy atom. The molecule has 1 aromatic heterocycles. The molecule has 3 unspecified atom stereocenters. The number of hydrogen-bond acceptors (Lipinski definition) is 3. The lowest BCUT2D eigenvalue weighted by molar-refractivity contribution is -0.00335. The molecule has 1 N–H and O–H groups in total. The Bertz CT molecular complexity index is 581. The van der Waals surface area contributed by atoms with Crippen molar-refractivity contribution in [3.63, 3.8) is 0 Å². The molecular weight excluding hydrogens is 306 g/mol. The molecule has 2 heterocycles. The number of benzene rings is 1. The average Bonchev–Trinajstić information content (AvgIpc) is 2.68. The van der Waals surface area contributed by atoms with Gasteiger partial charge >= 0.3 is 0 Å². The van der Waals surface area contributed by atoms with Gasteiger partial charge in [0.05, 0.1) is 6.10 Å². The van der Waals surface area contributed by atoms with Crippen molar-refractivity contribution in [2.45, 2.75) is 38.5 Å². The van der Waals surface area contributed by atoms with Crippen LogP contribution in [0.15, 0.2) is 33.2 Å². The Balaban J connectivity index is 1.90. The number of hydrogen-bond donors (Lipinski definition) is 1. The van der Waals surface area contributed by atoms with Crippen molar-refractivity contribution in [3.8, 4) is 0 Å². The first-order valence-corrected chi connectivity index (χ1v) is 7.49. The van der Waals surface area contributed by atoms with Gasteiger partial charge in [0.15, 0.2) is 0 Å². The van der Waals surface area contributed by atoms with Crippen LogP contribution >= 0.6 is 15.9 Å². The maximum absolute atomic E-state index is 6.06. The molecule has 3 rings (SSSR count). The highest BCUT2D eigenvalue weighted by molar-refractivity contribution is 9.10. The fraction of sp³-hybridized carbons (Fsp3) is 0.467. The molecule has 1 fully saturated rings. The molecule has 0 bridgehead atoms. The van der Waals surface area contributed by atoms with Gasteiger partial charge in [0.1, 0.15) is 17.4 Å². The molecule has 19 heavy (non-hydrogen) atoms. The standard InChI is InChI=1S/C15H18BrNO2/c1-9-5-10(2)18-15(8-17-9)14-7-11-6-12(16)3-4-13(11)19-14/h3-4,6-7,9-10,15,17H,5,8H2,1-2H3. The molecule has 0 amide bonds. The van der Waals surface area contributed by atoms with Gasteiger partial charge in [-0.15, -0.1) is 0 Å². The predicted molar refractivity (Wildman–Crippen MR) is 79.3 cm³/mol. The van der Waals surface area contributed by atoms with Crippen LogP contribution in [-0.4, -0.2) is 18.7 Å². The second-order valence-corrected chi connectivity index (χ2v) is 6.23. The van der Waals surface area contributed by atoms with E-state index in [9.17, 15) is 0 Å². The highest BCUT2D eigenvalue weighted by Gasteiger charge is 2.24. The van der Waals surface area contributed by atoms with E-state index in [0.29, 0.717) is 6.04 Å². The summed E-state index contributed by atoms with van der Waals surface area (Å²) >= 11 is 3.48. The third-order valence-corrected chi connectivity index (χ3v) is 4.04. The lowest BCUT2D eigenvalue weighted by Crippen LogP contribution is -2.27. The average molecular weight is 324 g/mol. The maximum Gasteiger partial charge on any atom is 0.135 e. The summed E-state index contributed by atoms with van der Waals surface area (Å²) in [6, 6.07) is 8.61. The number of ether oxygens (including phenoxy) is 1. The van der Waals surface area contributed by atoms with Gasteiger partial charge in [0, 0.05) is 22.4 Å². The largest absolute Gasteiger partial charge is 0.458 e. The van der Waals surface area contributed by atoms with Gasteiger partial charge in [0.25, 0.3) is 0 Å². The highest BCUT2D eigenvalue weighted by atomic mass is 79.9. The second-order valence-electron chi connectivity index (χ2n) is 5.31. The van der Waals surface area contributed by atoms with Crippen LogP contribution in [0.1, 0.15) is 32.1 Å². The van der Waals surface area contributed by atoms with Crippen LogP contribution in [0.2, 0.25) is 0 Å². The summed E-state index contributed by atoms with van der Waals surface area (Å²) in [6.07, 6.45) is 1.27. The zero-order chi connectivity index (χ0) is 13.4. The molecule has 1 aliphatic rings. The normalized spacial score (nSPS) is 28.5. The van der Waals surface area contributed by atoms with E-state index in [1.54, 1.807) is 0 Å². The Hall–Kier alpha value is -0.840. The van der Waals surface area contributed by atoms with Crippen LogP contribution in [0.25, 0.3) is 11.0 Å². The Labute approximate surface area is 121 Å². The Kier molecular flexibility index (Phi) is 3.65. The summed E-state index contributed by atoms with van der Waals surface area (Å²) in [6.45, 7) is 5.11. The first-order chi connectivity index (χ1) is 9.11. The molecule has 0 radical (unpaired) electrons. The van der Waals surface area contributed by atoms with Crippen LogP contribution < -0.4 is 5.32 Å². The molecule has 0 aliphatic carbocycles. The van der Waals surface area contributed by atoms with Gasteiger partial charge in [-0.2, -0.15) is 0 Å². The van der Waals surface area contributed by atoms with E-state index in [0.717, 1.165) is 34.2 Å². The van der Waals surface area contributed by atoms with Gasteiger partial charge in [-0.1, -0.05) is 15.9 Å². The Morgan fingerprint density at radius 1 is 1.26 bits per heavy atom. The molecule has 1 aliphatic heterocycles. The highest BCUT2D eigenvalue weighted by Crippen LogP contribution is 2.30. The molecule has 102 valence electrons. The molecule has 4 heteroatoms. The maximum atomic E-state index is 6.06. The van der Waals surface area contributed by atoms with Crippen molar-refractivity contribution in [2.24, 2.45) is 0 Å². The summed E-state index contributed by atoms with van der Waals surface area (Å²) in [7, 11) is 0. The minimum absolute atomic E-state index is 0.00822. The van der Waals surface area contributed by atoms with Crippen LogP contribution in [0, 0.1) is 0 Å². The van der Waals surface area contributed by atoms with Crippen molar-refractivity contribution >= 4 is 26.9 Å². The topological polar surface area (TPSA) is 34.4 Å². The van der Waals surface area contributed by atoms with E-state index in [1.165, 1.54) is 0 Å². The third kappa shape index (κ3) is 2.86. The van der Waals surface area contributed by atoms with Crippen LogP contribution in [0.4, 0.5) is 0 Å². The summed E-state index contributed by atoms with van der Waals surface area (Å²) in [5.41, 5.74) is 0.909. The third-order valence-electron chi connectivity index (χ3n) is 3.55. The number of rotatable bonds is 1. The van der Waals surface area contributed by atoms with Gasteiger partial charge in [-0.3, -0.25) is 0 Å². The number of halogens is 1. The van der Waals surface area contributed by atoms with Gasteiger partial charge < -0.3 is 14.5 Å². The zero-order valence-electron chi connectivity index (χ0n) is 11.2. The molecule has 0 spiro atoms. The van der Waals surface area contributed by atoms with Crippen molar-refractivity contribution < 1.29 is 9.15 Å². The monoisotopic (exact) mass is 323 g/mol. The van der Waals surface area contributed by atoms with Gasteiger partial charge in [-0.25, -0.2) is 0 Å². The summed E-state index contributed by atoms with van der Waals surface area (Å²) in [5, 5.41) is 4.59. The minimum atomic E-state index is -0.00822. The number of furan rings is 1.